The minimum Gasteiger partial charge on any atom is -0.493 e. The zero-order valence-electron chi connectivity index (χ0n) is 23.8. The number of hydrogen-bond donors (Lipinski definition) is 2. The molecule has 0 spiro atoms. The summed E-state index contributed by atoms with van der Waals surface area (Å²) in [5.74, 6) is -0.730. The second-order valence-electron chi connectivity index (χ2n) is 9.11. The molecule has 12 heteroatoms. The SMILES string of the molecule is CCCOc1ccc(N2C(=O)NC(=O)/C(=C/c3cc(Br)c(OCC(=O)Nc4ccccc4)c(OCC)c3)C2=O)cc1OC. The predicted molar refractivity (Wildman–Crippen MR) is 164 cm³/mol. The zero-order valence-corrected chi connectivity index (χ0v) is 25.4. The number of para-hydroxylation sites is 1. The number of barbiturate groups is 1. The van der Waals surface area contributed by atoms with E-state index < -0.39 is 17.8 Å². The highest BCUT2D eigenvalue weighted by Gasteiger charge is 2.37. The van der Waals surface area contributed by atoms with Crippen LogP contribution in [-0.2, 0) is 14.4 Å². The van der Waals surface area contributed by atoms with Crippen molar-refractivity contribution in [2.45, 2.75) is 20.3 Å². The first-order valence-corrected chi connectivity index (χ1v) is 14.2. The van der Waals surface area contributed by atoms with Gasteiger partial charge in [0.25, 0.3) is 17.7 Å². The number of halogens is 1. The standard InChI is InChI=1S/C31H30BrN3O8/c1-4-13-42-24-12-11-21(17-25(24)40-3)35-30(38)22(29(37)34-31(35)39)14-19-15-23(32)28(26(16-19)41-5-2)43-18-27(36)33-20-9-7-6-8-10-20/h6-12,14-17H,4-5,13,18H2,1-3H3,(H,33,36)(H,34,37,39)/b22-14-. The van der Waals surface area contributed by atoms with E-state index in [0.29, 0.717) is 33.8 Å². The largest absolute Gasteiger partial charge is 0.493 e. The number of nitrogens with one attached hydrogen (secondary N) is 2. The highest BCUT2D eigenvalue weighted by molar-refractivity contribution is 9.10. The van der Waals surface area contributed by atoms with E-state index >= 15 is 0 Å². The lowest BCUT2D eigenvalue weighted by molar-refractivity contribution is -0.122. The first-order chi connectivity index (χ1) is 20.7. The second kappa shape index (κ2) is 14.4. The molecule has 0 radical (unpaired) electrons. The Labute approximate surface area is 256 Å². The highest BCUT2D eigenvalue weighted by Crippen LogP contribution is 2.38. The molecule has 11 nitrogen and oxygen atoms in total. The number of urea groups is 1. The van der Waals surface area contributed by atoms with Crippen LogP contribution in [0, 0.1) is 0 Å². The van der Waals surface area contributed by atoms with Crippen LogP contribution in [0.5, 0.6) is 23.0 Å². The van der Waals surface area contributed by atoms with Gasteiger partial charge in [0.2, 0.25) is 0 Å². The van der Waals surface area contributed by atoms with Gasteiger partial charge >= 0.3 is 6.03 Å². The van der Waals surface area contributed by atoms with Gasteiger partial charge in [-0.15, -0.1) is 0 Å². The Bertz CT molecular complexity index is 1560. The van der Waals surface area contributed by atoms with Gasteiger partial charge in [-0.3, -0.25) is 19.7 Å². The summed E-state index contributed by atoms with van der Waals surface area (Å²) in [6.07, 6.45) is 2.12. The Morgan fingerprint density at radius 1 is 0.953 bits per heavy atom. The number of methoxy groups -OCH3 is 1. The molecule has 0 bridgehead atoms. The van der Waals surface area contributed by atoms with Crippen LogP contribution in [0.25, 0.3) is 6.08 Å². The summed E-state index contributed by atoms with van der Waals surface area (Å²) in [5, 5.41) is 4.95. The zero-order chi connectivity index (χ0) is 30.9. The summed E-state index contributed by atoms with van der Waals surface area (Å²) in [7, 11) is 1.45. The fourth-order valence-electron chi connectivity index (χ4n) is 4.12. The molecule has 1 saturated heterocycles. The van der Waals surface area contributed by atoms with Crippen LogP contribution in [0.2, 0.25) is 0 Å². The van der Waals surface area contributed by atoms with Crippen molar-refractivity contribution >= 4 is 57.1 Å². The van der Waals surface area contributed by atoms with Crippen molar-refractivity contribution in [2.24, 2.45) is 0 Å². The molecule has 1 fully saturated rings. The summed E-state index contributed by atoms with van der Waals surface area (Å²) in [6, 6.07) is 15.8. The minimum absolute atomic E-state index is 0.190. The monoisotopic (exact) mass is 651 g/mol. The average molecular weight is 652 g/mol. The maximum Gasteiger partial charge on any atom is 0.335 e. The maximum absolute atomic E-state index is 13.5. The van der Waals surface area contributed by atoms with Crippen molar-refractivity contribution in [2.75, 3.05) is 37.1 Å². The molecule has 4 rings (SSSR count). The summed E-state index contributed by atoms with van der Waals surface area (Å²) in [6.45, 7) is 4.19. The van der Waals surface area contributed by atoms with Gasteiger partial charge in [-0.05, 0) is 77.3 Å². The van der Waals surface area contributed by atoms with Gasteiger partial charge in [-0.2, -0.15) is 0 Å². The highest BCUT2D eigenvalue weighted by atomic mass is 79.9. The van der Waals surface area contributed by atoms with Gasteiger partial charge in [0.05, 0.1) is 30.5 Å². The first kappa shape index (κ1) is 31.1. The van der Waals surface area contributed by atoms with Crippen LogP contribution in [-0.4, -0.2) is 50.7 Å². The molecule has 43 heavy (non-hydrogen) atoms. The van der Waals surface area contributed by atoms with Gasteiger partial charge in [0.15, 0.2) is 29.6 Å². The van der Waals surface area contributed by atoms with Crippen molar-refractivity contribution in [3.8, 4) is 23.0 Å². The Morgan fingerprint density at radius 3 is 2.42 bits per heavy atom. The molecular weight excluding hydrogens is 622 g/mol. The second-order valence-corrected chi connectivity index (χ2v) is 9.96. The summed E-state index contributed by atoms with van der Waals surface area (Å²) in [5.41, 5.74) is 0.944. The minimum atomic E-state index is -0.898. The van der Waals surface area contributed by atoms with E-state index in [-0.39, 0.29) is 41.9 Å². The molecule has 3 aromatic carbocycles. The van der Waals surface area contributed by atoms with Crippen molar-refractivity contribution in [3.63, 3.8) is 0 Å². The molecule has 5 amide bonds. The lowest BCUT2D eigenvalue weighted by atomic mass is 10.1. The number of carbonyl (C=O) groups is 4. The van der Waals surface area contributed by atoms with Crippen molar-refractivity contribution < 1.29 is 38.1 Å². The third-order valence-electron chi connectivity index (χ3n) is 6.02. The molecule has 0 atom stereocenters. The molecule has 0 aromatic heterocycles. The van der Waals surface area contributed by atoms with Crippen LogP contribution in [0.15, 0.2) is 70.7 Å². The van der Waals surface area contributed by atoms with E-state index in [2.05, 4.69) is 26.6 Å². The van der Waals surface area contributed by atoms with Gasteiger partial charge in [0.1, 0.15) is 5.57 Å². The van der Waals surface area contributed by atoms with Crippen LogP contribution >= 0.6 is 15.9 Å². The lowest BCUT2D eigenvalue weighted by Gasteiger charge is -2.27. The van der Waals surface area contributed by atoms with E-state index in [4.69, 9.17) is 18.9 Å². The van der Waals surface area contributed by atoms with Crippen LogP contribution in [0.4, 0.5) is 16.2 Å². The number of imide groups is 2. The van der Waals surface area contributed by atoms with E-state index in [0.717, 1.165) is 11.3 Å². The average Bonchev–Trinajstić information content (AvgIpc) is 2.98. The number of carbonyl (C=O) groups excluding carboxylic acids is 4. The predicted octanol–water partition coefficient (Wildman–Crippen LogP) is 5.33. The van der Waals surface area contributed by atoms with Crippen LogP contribution < -0.4 is 34.5 Å². The van der Waals surface area contributed by atoms with Crippen molar-refractivity contribution in [1.82, 2.24) is 5.32 Å². The normalized spacial score (nSPS) is 13.9. The molecule has 1 aliphatic rings. The Hall–Kier alpha value is -4.84. The maximum atomic E-state index is 13.5. The van der Waals surface area contributed by atoms with E-state index in [1.54, 1.807) is 49.4 Å². The number of benzene rings is 3. The summed E-state index contributed by atoms with van der Waals surface area (Å²) < 4.78 is 22.9. The molecule has 0 saturated carbocycles. The number of rotatable bonds is 12. The molecule has 3 aromatic rings. The van der Waals surface area contributed by atoms with Gasteiger partial charge in [0, 0.05) is 11.8 Å². The molecular formula is C31H30BrN3O8. The molecule has 0 unspecified atom stereocenters. The third kappa shape index (κ3) is 7.52. The van der Waals surface area contributed by atoms with Gasteiger partial charge in [-0.25, -0.2) is 9.69 Å². The number of hydrogen-bond acceptors (Lipinski definition) is 8. The van der Waals surface area contributed by atoms with E-state index in [1.807, 2.05) is 13.0 Å². The smallest absolute Gasteiger partial charge is 0.335 e. The third-order valence-corrected chi connectivity index (χ3v) is 6.61. The fraction of sp³-hybridized carbons (Fsp3) is 0.226. The molecule has 1 aliphatic heterocycles. The van der Waals surface area contributed by atoms with E-state index in [9.17, 15) is 19.2 Å². The van der Waals surface area contributed by atoms with Crippen LogP contribution in [0.3, 0.4) is 0 Å². The molecule has 224 valence electrons. The summed E-state index contributed by atoms with van der Waals surface area (Å²) >= 11 is 3.44. The number of anilines is 2. The quantitative estimate of drug-likeness (QED) is 0.198. The molecule has 2 N–H and O–H groups in total. The summed E-state index contributed by atoms with van der Waals surface area (Å²) in [4.78, 5) is 52.3. The molecule has 1 heterocycles. The van der Waals surface area contributed by atoms with Gasteiger partial charge < -0.3 is 24.3 Å². The fourth-order valence-corrected chi connectivity index (χ4v) is 4.69. The number of nitrogens with zero attached hydrogens (tertiary/aromatic N) is 1. The Kier molecular flexibility index (Phi) is 10.4. The van der Waals surface area contributed by atoms with E-state index in [1.165, 1.54) is 25.3 Å². The topological polar surface area (TPSA) is 132 Å². The van der Waals surface area contributed by atoms with Crippen molar-refractivity contribution in [3.05, 3.63) is 76.3 Å². The number of amides is 5. The number of ether oxygens (including phenoxy) is 4. The Balaban J connectivity index is 1.59. The van der Waals surface area contributed by atoms with Crippen molar-refractivity contribution in [1.29, 1.82) is 0 Å². The molecule has 0 aliphatic carbocycles. The Morgan fingerprint density at radius 2 is 1.72 bits per heavy atom. The first-order valence-electron chi connectivity index (χ1n) is 13.4. The lowest BCUT2D eigenvalue weighted by Crippen LogP contribution is -2.54. The van der Waals surface area contributed by atoms with Crippen LogP contribution in [0.1, 0.15) is 25.8 Å². The van der Waals surface area contributed by atoms with Gasteiger partial charge in [-0.1, -0.05) is 25.1 Å².